The first-order valence-electron chi connectivity index (χ1n) is 7.26. The Labute approximate surface area is 140 Å². The lowest BCUT2D eigenvalue weighted by Crippen LogP contribution is -2.28. The first kappa shape index (κ1) is 16.8. The van der Waals surface area contributed by atoms with Crippen LogP contribution in [0.25, 0.3) is 0 Å². The van der Waals surface area contributed by atoms with Crippen LogP contribution in [0.1, 0.15) is 18.9 Å². The summed E-state index contributed by atoms with van der Waals surface area (Å²) in [5.74, 6) is -0.0784. The van der Waals surface area contributed by atoms with Crippen molar-refractivity contribution >= 4 is 34.9 Å². The van der Waals surface area contributed by atoms with Gasteiger partial charge in [0.1, 0.15) is 0 Å². The second kappa shape index (κ2) is 8.19. The number of amides is 3. The monoisotopic (exact) mass is 331 g/mol. The molecule has 23 heavy (non-hydrogen) atoms. The lowest BCUT2D eigenvalue weighted by atomic mass is 10.2. The zero-order valence-corrected chi connectivity index (χ0v) is 13.5. The van der Waals surface area contributed by atoms with Gasteiger partial charge in [0, 0.05) is 29.4 Å². The third-order valence-corrected chi connectivity index (χ3v) is 3.49. The van der Waals surface area contributed by atoms with Crippen LogP contribution in [0.3, 0.4) is 0 Å². The van der Waals surface area contributed by atoms with Gasteiger partial charge in [-0.15, -0.1) is 0 Å². The minimum Gasteiger partial charge on any atom is -0.334 e. The van der Waals surface area contributed by atoms with Crippen molar-refractivity contribution in [1.82, 2.24) is 5.32 Å². The average molecular weight is 332 g/mol. The zero-order chi connectivity index (χ0) is 16.7. The van der Waals surface area contributed by atoms with Gasteiger partial charge >= 0.3 is 6.03 Å². The third-order valence-electron chi connectivity index (χ3n) is 3.12. The standard InChI is InChI=1S/C17H18ClN3O2/c1-2-16(22)20-13-7-5-8-14(10-13)21-17(23)19-11-12-6-3-4-9-15(12)18/h3-10H,2,11H2,1H3,(H,20,22)(H2,19,21,23). The molecule has 0 aliphatic rings. The molecule has 0 fully saturated rings. The molecule has 0 unspecified atom stereocenters. The number of hydrogen-bond acceptors (Lipinski definition) is 2. The van der Waals surface area contributed by atoms with E-state index >= 15 is 0 Å². The number of halogens is 1. The van der Waals surface area contributed by atoms with Crippen molar-refractivity contribution in [1.29, 1.82) is 0 Å². The number of rotatable bonds is 5. The van der Waals surface area contributed by atoms with Crippen molar-refractivity contribution in [2.45, 2.75) is 19.9 Å². The Morgan fingerprint density at radius 3 is 2.39 bits per heavy atom. The molecule has 3 amide bonds. The highest BCUT2D eigenvalue weighted by molar-refractivity contribution is 6.31. The van der Waals surface area contributed by atoms with Crippen LogP contribution in [0.4, 0.5) is 16.2 Å². The Hall–Kier alpha value is -2.53. The predicted octanol–water partition coefficient (Wildman–Crippen LogP) is 4.01. The molecule has 0 bridgehead atoms. The van der Waals surface area contributed by atoms with Crippen molar-refractivity contribution in [3.05, 3.63) is 59.1 Å². The normalized spacial score (nSPS) is 10.0. The van der Waals surface area contributed by atoms with Gasteiger partial charge in [-0.2, -0.15) is 0 Å². The molecule has 2 aromatic rings. The fraction of sp³-hybridized carbons (Fsp3) is 0.176. The van der Waals surface area contributed by atoms with Crippen molar-refractivity contribution in [2.24, 2.45) is 0 Å². The molecule has 0 saturated heterocycles. The molecule has 120 valence electrons. The third kappa shape index (κ3) is 5.30. The van der Waals surface area contributed by atoms with Gasteiger partial charge in [-0.05, 0) is 29.8 Å². The van der Waals surface area contributed by atoms with E-state index in [9.17, 15) is 9.59 Å². The average Bonchev–Trinajstić information content (AvgIpc) is 2.54. The van der Waals surface area contributed by atoms with Crippen molar-refractivity contribution in [3.8, 4) is 0 Å². The van der Waals surface area contributed by atoms with E-state index < -0.39 is 0 Å². The van der Waals surface area contributed by atoms with Gasteiger partial charge < -0.3 is 16.0 Å². The van der Waals surface area contributed by atoms with Gasteiger partial charge in [-0.25, -0.2) is 4.79 Å². The molecule has 0 aliphatic carbocycles. The van der Waals surface area contributed by atoms with Crippen LogP contribution in [0.5, 0.6) is 0 Å². The van der Waals surface area contributed by atoms with Crippen LogP contribution in [-0.2, 0) is 11.3 Å². The van der Waals surface area contributed by atoms with Gasteiger partial charge in [0.2, 0.25) is 5.91 Å². The van der Waals surface area contributed by atoms with Gasteiger partial charge in [-0.3, -0.25) is 4.79 Å². The summed E-state index contributed by atoms with van der Waals surface area (Å²) in [4.78, 5) is 23.3. The summed E-state index contributed by atoms with van der Waals surface area (Å²) in [5, 5.41) is 8.81. The van der Waals surface area contributed by atoms with Crippen LogP contribution in [0, 0.1) is 0 Å². The number of urea groups is 1. The first-order valence-corrected chi connectivity index (χ1v) is 7.64. The topological polar surface area (TPSA) is 70.2 Å². The summed E-state index contributed by atoms with van der Waals surface area (Å²) in [7, 11) is 0. The minimum atomic E-state index is -0.344. The molecule has 0 heterocycles. The van der Waals surface area contributed by atoms with Crippen LogP contribution in [-0.4, -0.2) is 11.9 Å². The fourth-order valence-corrected chi connectivity index (χ4v) is 2.12. The van der Waals surface area contributed by atoms with E-state index in [1.165, 1.54) is 0 Å². The smallest absolute Gasteiger partial charge is 0.319 e. The Bertz CT molecular complexity index is 704. The molecule has 2 aromatic carbocycles. The molecule has 0 radical (unpaired) electrons. The molecule has 0 aromatic heterocycles. The van der Waals surface area contributed by atoms with E-state index in [1.54, 1.807) is 37.3 Å². The second-order valence-corrected chi connectivity index (χ2v) is 5.29. The largest absolute Gasteiger partial charge is 0.334 e. The van der Waals surface area contributed by atoms with E-state index in [-0.39, 0.29) is 11.9 Å². The highest BCUT2D eigenvalue weighted by Crippen LogP contribution is 2.16. The molecule has 0 atom stereocenters. The summed E-state index contributed by atoms with van der Waals surface area (Å²) in [6.45, 7) is 2.11. The summed E-state index contributed by atoms with van der Waals surface area (Å²) in [6.07, 6.45) is 0.399. The second-order valence-electron chi connectivity index (χ2n) is 4.88. The number of anilines is 2. The summed E-state index contributed by atoms with van der Waals surface area (Å²) in [6, 6.07) is 13.9. The molecular formula is C17H18ClN3O2. The summed E-state index contributed by atoms with van der Waals surface area (Å²) < 4.78 is 0. The van der Waals surface area contributed by atoms with Crippen molar-refractivity contribution < 1.29 is 9.59 Å². The molecular weight excluding hydrogens is 314 g/mol. The van der Waals surface area contributed by atoms with E-state index in [4.69, 9.17) is 11.6 Å². The number of carbonyl (C=O) groups excluding carboxylic acids is 2. The number of nitrogens with one attached hydrogen (secondary N) is 3. The van der Waals surface area contributed by atoms with Crippen LogP contribution >= 0.6 is 11.6 Å². The lowest BCUT2D eigenvalue weighted by molar-refractivity contribution is -0.115. The number of hydrogen-bond donors (Lipinski definition) is 3. The minimum absolute atomic E-state index is 0.0784. The zero-order valence-electron chi connectivity index (χ0n) is 12.7. The molecule has 2 rings (SSSR count). The molecule has 0 saturated carbocycles. The maximum absolute atomic E-state index is 11.9. The first-order chi connectivity index (χ1) is 11.1. The van der Waals surface area contributed by atoms with Crippen LogP contribution in [0.15, 0.2) is 48.5 Å². The Balaban J connectivity index is 1.91. The summed E-state index contributed by atoms with van der Waals surface area (Å²) >= 11 is 6.04. The molecule has 5 nitrogen and oxygen atoms in total. The lowest BCUT2D eigenvalue weighted by Gasteiger charge is -2.10. The van der Waals surface area contributed by atoms with Crippen LogP contribution in [0.2, 0.25) is 5.02 Å². The number of carbonyl (C=O) groups is 2. The van der Waals surface area contributed by atoms with Crippen molar-refractivity contribution in [2.75, 3.05) is 10.6 Å². The van der Waals surface area contributed by atoms with Gasteiger partial charge in [-0.1, -0.05) is 42.8 Å². The van der Waals surface area contributed by atoms with E-state index in [0.717, 1.165) is 5.56 Å². The summed E-state index contributed by atoms with van der Waals surface area (Å²) in [5.41, 5.74) is 2.07. The molecule has 0 aliphatic heterocycles. The number of benzene rings is 2. The SMILES string of the molecule is CCC(=O)Nc1cccc(NC(=O)NCc2ccccc2Cl)c1. The van der Waals surface area contributed by atoms with Crippen LogP contribution < -0.4 is 16.0 Å². The van der Waals surface area contributed by atoms with Gasteiger partial charge in [0.05, 0.1) is 0 Å². The molecule has 0 spiro atoms. The Morgan fingerprint density at radius 2 is 1.70 bits per heavy atom. The van der Waals surface area contributed by atoms with E-state index in [1.807, 2.05) is 18.2 Å². The molecule has 3 N–H and O–H groups in total. The fourth-order valence-electron chi connectivity index (χ4n) is 1.92. The quantitative estimate of drug-likeness (QED) is 0.774. The van der Waals surface area contributed by atoms with Gasteiger partial charge in [0.25, 0.3) is 0 Å². The van der Waals surface area contributed by atoms with E-state index in [0.29, 0.717) is 29.4 Å². The highest BCUT2D eigenvalue weighted by atomic mass is 35.5. The highest BCUT2D eigenvalue weighted by Gasteiger charge is 2.05. The van der Waals surface area contributed by atoms with Crippen molar-refractivity contribution in [3.63, 3.8) is 0 Å². The Kier molecular flexibility index (Phi) is 6.00. The molecule has 6 heteroatoms. The Morgan fingerprint density at radius 1 is 1.00 bits per heavy atom. The maximum atomic E-state index is 11.9. The van der Waals surface area contributed by atoms with E-state index in [2.05, 4.69) is 16.0 Å². The van der Waals surface area contributed by atoms with Gasteiger partial charge in [0.15, 0.2) is 0 Å². The predicted molar refractivity (Wildman–Crippen MR) is 92.7 cm³/mol. The maximum Gasteiger partial charge on any atom is 0.319 e.